The molecule has 0 bridgehead atoms. The van der Waals surface area contributed by atoms with Gasteiger partial charge in [-0.25, -0.2) is 22.2 Å². The maximum atomic E-state index is 13.3. The summed E-state index contributed by atoms with van der Waals surface area (Å²) in [6.45, 7) is 2.60. The van der Waals surface area contributed by atoms with Crippen molar-refractivity contribution in [3.05, 3.63) is 36.4 Å². The minimum atomic E-state index is -3.14. The Kier molecular flexibility index (Phi) is 5.25. The smallest absolute Gasteiger partial charge is 0.253 e. The summed E-state index contributed by atoms with van der Waals surface area (Å²) >= 11 is 1.41. The number of hydrogen-bond donors (Lipinski definition) is 0. The molecular formula is C21H25F2N5O2S2. The van der Waals surface area contributed by atoms with E-state index in [0.717, 1.165) is 28.5 Å². The van der Waals surface area contributed by atoms with Crippen LogP contribution in [0.25, 0.3) is 11.3 Å². The van der Waals surface area contributed by atoms with Crippen LogP contribution in [0.1, 0.15) is 6.42 Å². The standard InChI is InChI=1S/C21H25F2N5O2S2/c1-25-20-19(28(31-25)14-16-13-21(16,22)23)8-7-18(24-20)15-3-5-17(6-4-15)26-9-11-27(12-10-26)32(2,29)30/h3-8,16H,9-14H2,1-2H3. The van der Waals surface area contributed by atoms with Crippen molar-refractivity contribution in [3.8, 4) is 11.3 Å². The molecule has 0 N–H and O–H groups in total. The summed E-state index contributed by atoms with van der Waals surface area (Å²) in [5.74, 6) is -2.34. The molecule has 7 nitrogen and oxygen atoms in total. The Morgan fingerprint density at radius 3 is 2.34 bits per heavy atom. The molecule has 1 saturated carbocycles. The van der Waals surface area contributed by atoms with Crippen molar-refractivity contribution in [3.63, 3.8) is 0 Å². The Morgan fingerprint density at radius 2 is 1.75 bits per heavy atom. The third-order valence-corrected chi connectivity index (χ3v) is 8.48. The van der Waals surface area contributed by atoms with Crippen LogP contribution < -0.4 is 13.5 Å². The number of anilines is 3. The lowest BCUT2D eigenvalue weighted by Crippen LogP contribution is -2.48. The third kappa shape index (κ3) is 4.13. The number of benzene rings is 1. The summed E-state index contributed by atoms with van der Waals surface area (Å²) in [5, 5.41) is 0. The van der Waals surface area contributed by atoms with Gasteiger partial charge in [-0.1, -0.05) is 12.1 Å². The lowest BCUT2D eigenvalue weighted by molar-refractivity contribution is 0.101. The molecule has 1 saturated heterocycles. The molecule has 32 heavy (non-hydrogen) atoms. The van der Waals surface area contributed by atoms with Gasteiger partial charge < -0.3 is 4.90 Å². The van der Waals surface area contributed by atoms with Gasteiger partial charge in [0.05, 0.1) is 29.8 Å². The summed E-state index contributed by atoms with van der Waals surface area (Å²) in [5.41, 5.74) is 3.71. The van der Waals surface area contributed by atoms with Crippen molar-refractivity contribution < 1.29 is 17.2 Å². The van der Waals surface area contributed by atoms with Crippen molar-refractivity contribution in [1.29, 1.82) is 0 Å². The molecule has 11 heteroatoms. The zero-order valence-electron chi connectivity index (χ0n) is 17.9. The number of halogens is 2. The maximum Gasteiger partial charge on any atom is 0.253 e. The van der Waals surface area contributed by atoms with E-state index in [1.165, 1.54) is 22.7 Å². The predicted molar refractivity (Wildman–Crippen MR) is 125 cm³/mol. The molecule has 0 spiro atoms. The first-order chi connectivity index (χ1) is 15.1. The quantitative estimate of drug-likeness (QED) is 0.608. The molecule has 1 unspecified atom stereocenters. The first kappa shape index (κ1) is 21.7. The Labute approximate surface area is 191 Å². The zero-order valence-corrected chi connectivity index (χ0v) is 19.5. The van der Waals surface area contributed by atoms with Crippen LogP contribution in [0.2, 0.25) is 0 Å². The number of piperazine rings is 1. The number of sulfonamides is 1. The molecule has 2 fully saturated rings. The van der Waals surface area contributed by atoms with Gasteiger partial charge in [0.2, 0.25) is 10.0 Å². The van der Waals surface area contributed by atoms with Crippen LogP contribution in [0.15, 0.2) is 36.4 Å². The highest BCUT2D eigenvalue weighted by atomic mass is 32.2. The number of rotatable bonds is 5. The fraction of sp³-hybridized carbons (Fsp3) is 0.476. The van der Waals surface area contributed by atoms with Crippen LogP contribution in [-0.4, -0.2) is 69.7 Å². The molecule has 172 valence electrons. The van der Waals surface area contributed by atoms with E-state index in [-0.39, 0.29) is 6.42 Å². The molecule has 0 radical (unpaired) electrons. The molecule has 1 aromatic heterocycles. The lowest BCUT2D eigenvalue weighted by Gasteiger charge is -2.34. The SMILES string of the molecule is CN1SN(CC2CC2(F)F)c2ccc(-c3ccc(N4CCN(S(C)(=O)=O)CC4)cc3)nc21. The van der Waals surface area contributed by atoms with E-state index in [4.69, 9.17) is 4.98 Å². The second-order valence-corrected chi connectivity index (χ2v) is 11.7. The molecule has 3 aliphatic rings. The Balaban J connectivity index is 1.28. The number of fused-ring (bicyclic) bond motifs is 1. The second-order valence-electron chi connectivity index (χ2n) is 8.54. The lowest BCUT2D eigenvalue weighted by atomic mass is 10.1. The van der Waals surface area contributed by atoms with Crippen molar-refractivity contribution in [2.24, 2.45) is 5.92 Å². The van der Waals surface area contributed by atoms with Crippen LogP contribution in [0.5, 0.6) is 0 Å². The van der Waals surface area contributed by atoms with E-state index in [2.05, 4.69) is 4.90 Å². The van der Waals surface area contributed by atoms with E-state index in [9.17, 15) is 17.2 Å². The van der Waals surface area contributed by atoms with Crippen LogP contribution in [-0.2, 0) is 10.0 Å². The van der Waals surface area contributed by atoms with Gasteiger partial charge in [0.25, 0.3) is 5.92 Å². The number of pyridine rings is 1. The van der Waals surface area contributed by atoms with E-state index in [1.54, 1.807) is 0 Å². The van der Waals surface area contributed by atoms with Crippen molar-refractivity contribution in [2.45, 2.75) is 12.3 Å². The third-order valence-electron chi connectivity index (χ3n) is 6.22. The largest absolute Gasteiger partial charge is 0.369 e. The topological polar surface area (TPSA) is 60.0 Å². The van der Waals surface area contributed by atoms with Gasteiger partial charge in [-0.05, 0) is 24.3 Å². The van der Waals surface area contributed by atoms with Crippen LogP contribution in [0, 0.1) is 5.92 Å². The normalized spacial score (nSPS) is 22.9. The van der Waals surface area contributed by atoms with Gasteiger partial charge in [-0.2, -0.15) is 4.31 Å². The fourth-order valence-electron chi connectivity index (χ4n) is 4.18. The fourth-order valence-corrected chi connectivity index (χ4v) is 5.99. The van der Waals surface area contributed by atoms with E-state index in [1.807, 2.05) is 52.1 Å². The van der Waals surface area contributed by atoms with Crippen molar-refractivity contribution >= 4 is 39.3 Å². The van der Waals surface area contributed by atoms with Gasteiger partial charge in [0.15, 0.2) is 5.82 Å². The molecule has 0 amide bonds. The first-order valence-electron chi connectivity index (χ1n) is 10.5. The Morgan fingerprint density at radius 1 is 1.09 bits per heavy atom. The summed E-state index contributed by atoms with van der Waals surface area (Å²) in [6, 6.07) is 12.0. The number of hydrogen-bond acceptors (Lipinski definition) is 7. The Hall–Kier alpha value is -2.11. The zero-order chi connectivity index (χ0) is 22.7. The Bertz CT molecular complexity index is 1120. The molecule has 1 aromatic carbocycles. The van der Waals surface area contributed by atoms with Gasteiger partial charge in [0.1, 0.15) is 0 Å². The van der Waals surface area contributed by atoms with Crippen molar-refractivity contribution in [2.75, 3.05) is 59.5 Å². The molecule has 1 aliphatic carbocycles. The van der Waals surface area contributed by atoms with Gasteiger partial charge in [-0.15, -0.1) is 0 Å². The van der Waals surface area contributed by atoms with E-state index >= 15 is 0 Å². The van der Waals surface area contributed by atoms with Crippen LogP contribution >= 0.6 is 12.1 Å². The number of alkyl halides is 2. The number of aromatic nitrogens is 1. The molecule has 5 rings (SSSR count). The van der Waals surface area contributed by atoms with E-state index < -0.39 is 21.9 Å². The second kappa shape index (κ2) is 7.74. The van der Waals surface area contributed by atoms with Crippen LogP contribution in [0.3, 0.4) is 0 Å². The molecule has 1 atom stereocenters. The molecule has 2 aromatic rings. The minimum Gasteiger partial charge on any atom is -0.369 e. The maximum absolute atomic E-state index is 13.3. The number of nitrogens with zero attached hydrogens (tertiary/aromatic N) is 5. The highest BCUT2D eigenvalue weighted by Gasteiger charge is 2.57. The summed E-state index contributed by atoms with van der Waals surface area (Å²) in [6.07, 6.45) is 1.21. The minimum absolute atomic E-state index is 0.0374. The van der Waals surface area contributed by atoms with Gasteiger partial charge in [0, 0.05) is 63.4 Å². The van der Waals surface area contributed by atoms with Gasteiger partial charge in [-0.3, -0.25) is 8.61 Å². The summed E-state index contributed by atoms with van der Waals surface area (Å²) in [7, 11) is -1.25. The summed E-state index contributed by atoms with van der Waals surface area (Å²) in [4.78, 5) is 6.97. The highest BCUT2D eigenvalue weighted by molar-refractivity contribution is 8.02. The average molecular weight is 482 g/mol. The summed E-state index contributed by atoms with van der Waals surface area (Å²) < 4.78 is 55.4. The molecule has 2 aliphatic heterocycles. The molecular weight excluding hydrogens is 456 g/mol. The van der Waals surface area contributed by atoms with Crippen LogP contribution in [0.4, 0.5) is 26.0 Å². The monoisotopic (exact) mass is 481 g/mol. The van der Waals surface area contributed by atoms with Gasteiger partial charge >= 0.3 is 0 Å². The molecule has 3 heterocycles. The van der Waals surface area contributed by atoms with E-state index in [0.29, 0.717) is 32.7 Å². The van der Waals surface area contributed by atoms with Crippen molar-refractivity contribution in [1.82, 2.24) is 9.29 Å². The first-order valence-corrected chi connectivity index (χ1v) is 13.1. The highest BCUT2D eigenvalue weighted by Crippen LogP contribution is 2.52. The average Bonchev–Trinajstić information content (AvgIpc) is 3.25. The predicted octanol–water partition coefficient (Wildman–Crippen LogP) is 3.30.